The second-order valence-electron chi connectivity index (χ2n) is 7.09. The van der Waals surface area contributed by atoms with Gasteiger partial charge in [-0.2, -0.15) is 4.68 Å². The molecular formula is C18H19FN6O3S. The number of halogens is 1. The molecule has 2 fully saturated rings. The summed E-state index contributed by atoms with van der Waals surface area (Å²) >= 11 is 1.08. The topological polar surface area (TPSA) is 110 Å². The molecule has 1 saturated heterocycles. The van der Waals surface area contributed by atoms with Crippen molar-refractivity contribution in [3.05, 3.63) is 30.1 Å². The van der Waals surface area contributed by atoms with Crippen LogP contribution in [0.15, 0.2) is 29.4 Å². The molecule has 1 aromatic carbocycles. The largest absolute Gasteiger partial charge is 0.318 e. The van der Waals surface area contributed by atoms with Crippen molar-refractivity contribution in [2.45, 2.75) is 42.8 Å². The van der Waals surface area contributed by atoms with E-state index in [0.717, 1.165) is 31.0 Å². The van der Waals surface area contributed by atoms with Crippen molar-refractivity contribution in [2.75, 3.05) is 12.3 Å². The first kappa shape index (κ1) is 19.5. The molecule has 0 atom stereocenters. The molecule has 2 aliphatic rings. The van der Waals surface area contributed by atoms with Gasteiger partial charge in [-0.15, -0.1) is 5.10 Å². The minimum Gasteiger partial charge on any atom is -0.318 e. The van der Waals surface area contributed by atoms with E-state index in [1.54, 1.807) is 6.07 Å². The molecule has 1 N–H and O–H groups in total. The van der Waals surface area contributed by atoms with Crippen LogP contribution < -0.4 is 5.32 Å². The Labute approximate surface area is 170 Å². The van der Waals surface area contributed by atoms with Gasteiger partial charge in [0.15, 0.2) is 0 Å². The Hall–Kier alpha value is -2.82. The van der Waals surface area contributed by atoms with Crippen molar-refractivity contribution >= 4 is 29.5 Å². The summed E-state index contributed by atoms with van der Waals surface area (Å²) < 4.78 is 14.8. The maximum atomic E-state index is 13.5. The highest BCUT2D eigenvalue weighted by atomic mass is 32.2. The number of hydrogen-bond donors (Lipinski definition) is 1. The summed E-state index contributed by atoms with van der Waals surface area (Å²) in [6, 6.07) is 5.78. The van der Waals surface area contributed by atoms with E-state index in [2.05, 4.69) is 20.8 Å². The van der Waals surface area contributed by atoms with Gasteiger partial charge >= 0.3 is 0 Å². The molecule has 0 radical (unpaired) electrons. The summed E-state index contributed by atoms with van der Waals surface area (Å²) in [5.74, 6) is -1.67. The van der Waals surface area contributed by atoms with Crippen LogP contribution in [0.3, 0.4) is 0 Å². The molecule has 0 unspecified atom stereocenters. The number of carbonyl (C=O) groups excluding carboxylic acids is 3. The number of rotatable bonds is 4. The molecule has 0 bridgehead atoms. The lowest BCUT2D eigenvalue weighted by molar-refractivity contribution is -0.158. The molecule has 3 amide bonds. The maximum Gasteiger partial charge on any atom is 0.252 e. The number of tetrazole rings is 1. The summed E-state index contributed by atoms with van der Waals surface area (Å²) in [6.07, 6.45) is 3.75. The highest BCUT2D eigenvalue weighted by Crippen LogP contribution is 2.36. The Morgan fingerprint density at radius 1 is 1.24 bits per heavy atom. The molecule has 152 valence electrons. The van der Waals surface area contributed by atoms with E-state index in [1.807, 2.05) is 0 Å². The average Bonchev–Trinajstić information content (AvgIpc) is 3.18. The highest BCUT2D eigenvalue weighted by Gasteiger charge is 2.50. The lowest BCUT2D eigenvalue weighted by atomic mass is 9.78. The van der Waals surface area contributed by atoms with Crippen LogP contribution in [0.5, 0.6) is 0 Å². The second kappa shape index (κ2) is 7.90. The van der Waals surface area contributed by atoms with Gasteiger partial charge in [0.25, 0.3) is 5.91 Å². The second-order valence-corrected chi connectivity index (χ2v) is 8.03. The van der Waals surface area contributed by atoms with Gasteiger partial charge in [0.2, 0.25) is 17.0 Å². The first-order valence-electron chi connectivity index (χ1n) is 9.31. The number of carbonyl (C=O) groups is 3. The molecule has 1 aromatic heterocycles. The fraction of sp³-hybridized carbons (Fsp3) is 0.444. The van der Waals surface area contributed by atoms with Crippen molar-refractivity contribution in [2.24, 2.45) is 0 Å². The molecule has 4 rings (SSSR count). The van der Waals surface area contributed by atoms with Gasteiger partial charge in [0.1, 0.15) is 17.9 Å². The minimum absolute atomic E-state index is 0.0437. The Bertz CT molecular complexity index is 959. The van der Waals surface area contributed by atoms with E-state index in [0.29, 0.717) is 23.7 Å². The number of hydrogen-bond acceptors (Lipinski definition) is 7. The van der Waals surface area contributed by atoms with E-state index in [9.17, 15) is 18.8 Å². The third-order valence-corrected chi connectivity index (χ3v) is 6.20. The molecule has 1 aliphatic heterocycles. The van der Waals surface area contributed by atoms with Crippen molar-refractivity contribution in [1.29, 1.82) is 0 Å². The third kappa shape index (κ3) is 3.74. The van der Waals surface area contributed by atoms with Crippen LogP contribution in [0.4, 0.5) is 4.39 Å². The number of nitrogens with one attached hydrogen (secondary N) is 1. The van der Waals surface area contributed by atoms with E-state index >= 15 is 0 Å². The van der Waals surface area contributed by atoms with Gasteiger partial charge in [-0.1, -0.05) is 37.1 Å². The summed E-state index contributed by atoms with van der Waals surface area (Å²) in [7, 11) is 0. The number of piperazine rings is 1. The molecule has 29 heavy (non-hydrogen) atoms. The molecule has 1 aliphatic carbocycles. The first-order valence-corrected chi connectivity index (χ1v) is 10.3. The van der Waals surface area contributed by atoms with Crippen LogP contribution in [-0.4, -0.2) is 60.7 Å². The zero-order valence-corrected chi connectivity index (χ0v) is 16.3. The molecular weight excluding hydrogens is 399 g/mol. The standard InChI is InChI=1S/C18H19FN6O3S/c19-12-5-4-6-13(9-12)25-17(21-22-23-25)29-11-15(27)24-10-14(26)20-16(28)18(24)7-2-1-3-8-18/h4-6,9H,1-3,7-8,10-11H2,(H,20,26,28). The first-order chi connectivity index (χ1) is 14.0. The van der Waals surface area contributed by atoms with Gasteiger partial charge in [0, 0.05) is 0 Å². The lowest BCUT2D eigenvalue weighted by Gasteiger charge is -2.47. The quantitative estimate of drug-likeness (QED) is 0.584. The Kier molecular flexibility index (Phi) is 5.31. The van der Waals surface area contributed by atoms with Crippen LogP contribution in [0.2, 0.25) is 0 Å². The predicted molar refractivity (Wildman–Crippen MR) is 101 cm³/mol. The number of benzene rings is 1. The number of thioether (sulfide) groups is 1. The van der Waals surface area contributed by atoms with E-state index in [-0.39, 0.29) is 18.2 Å². The number of amides is 3. The van der Waals surface area contributed by atoms with Crippen LogP contribution in [-0.2, 0) is 14.4 Å². The molecule has 1 spiro atoms. The number of imide groups is 1. The van der Waals surface area contributed by atoms with Gasteiger partial charge in [-0.05, 0) is 41.5 Å². The maximum absolute atomic E-state index is 13.5. The SMILES string of the molecule is O=C1CN(C(=O)CSc2nnnn2-c2cccc(F)c2)C2(CCCCC2)C(=O)N1. The molecule has 9 nitrogen and oxygen atoms in total. The number of aromatic nitrogens is 4. The predicted octanol–water partition coefficient (Wildman–Crippen LogP) is 1.08. The van der Waals surface area contributed by atoms with Gasteiger partial charge in [-0.3, -0.25) is 19.7 Å². The van der Waals surface area contributed by atoms with Gasteiger partial charge < -0.3 is 4.90 Å². The lowest BCUT2D eigenvalue weighted by Crippen LogP contribution is -2.69. The smallest absolute Gasteiger partial charge is 0.252 e. The van der Waals surface area contributed by atoms with Gasteiger partial charge in [0.05, 0.1) is 11.4 Å². The van der Waals surface area contributed by atoms with E-state index in [1.165, 1.54) is 27.8 Å². The number of nitrogens with zero attached hydrogens (tertiary/aromatic N) is 5. The molecule has 11 heteroatoms. The van der Waals surface area contributed by atoms with Crippen LogP contribution in [0, 0.1) is 5.82 Å². The van der Waals surface area contributed by atoms with Crippen molar-refractivity contribution < 1.29 is 18.8 Å². The van der Waals surface area contributed by atoms with Crippen LogP contribution >= 0.6 is 11.8 Å². The van der Waals surface area contributed by atoms with Crippen molar-refractivity contribution in [3.63, 3.8) is 0 Å². The monoisotopic (exact) mass is 418 g/mol. The average molecular weight is 418 g/mol. The van der Waals surface area contributed by atoms with Crippen molar-refractivity contribution in [1.82, 2.24) is 30.4 Å². The highest BCUT2D eigenvalue weighted by molar-refractivity contribution is 7.99. The Balaban J connectivity index is 1.52. The summed E-state index contributed by atoms with van der Waals surface area (Å²) in [5, 5.41) is 14.0. The zero-order valence-electron chi connectivity index (χ0n) is 15.5. The van der Waals surface area contributed by atoms with E-state index in [4.69, 9.17) is 0 Å². The normalized spacial score (nSPS) is 18.7. The minimum atomic E-state index is -0.960. The van der Waals surface area contributed by atoms with Crippen LogP contribution in [0.1, 0.15) is 32.1 Å². The van der Waals surface area contributed by atoms with Crippen molar-refractivity contribution in [3.8, 4) is 5.69 Å². The zero-order chi connectivity index (χ0) is 20.4. The fourth-order valence-corrected chi connectivity index (χ4v) is 4.67. The summed E-state index contributed by atoms with van der Waals surface area (Å²) in [4.78, 5) is 38.9. The summed E-state index contributed by atoms with van der Waals surface area (Å²) in [6.45, 7) is -0.139. The Morgan fingerprint density at radius 2 is 2.03 bits per heavy atom. The molecule has 2 heterocycles. The molecule has 1 saturated carbocycles. The molecule has 2 aromatic rings. The van der Waals surface area contributed by atoms with Crippen LogP contribution in [0.25, 0.3) is 5.69 Å². The Morgan fingerprint density at radius 3 is 2.79 bits per heavy atom. The van der Waals surface area contributed by atoms with Gasteiger partial charge in [-0.25, -0.2) is 4.39 Å². The summed E-state index contributed by atoms with van der Waals surface area (Å²) in [5.41, 5.74) is -0.528. The fourth-order valence-electron chi connectivity index (χ4n) is 3.90. The third-order valence-electron chi connectivity index (χ3n) is 5.29. The van der Waals surface area contributed by atoms with E-state index < -0.39 is 23.2 Å².